The summed E-state index contributed by atoms with van der Waals surface area (Å²) in [5.74, 6) is 0.415. The molecule has 0 atom stereocenters. The molecule has 0 aliphatic rings. The van der Waals surface area contributed by atoms with Crippen molar-refractivity contribution >= 4 is 21.6 Å². The molecule has 0 aliphatic heterocycles. The number of rotatable bonds is 10. The minimum atomic E-state index is -3.55. The Hall–Kier alpha value is -2.42. The molecule has 0 spiro atoms. The number of hydrogen-bond acceptors (Lipinski definition) is 5. The number of para-hydroxylation sites is 1. The predicted octanol–water partition coefficient (Wildman–Crippen LogP) is 2.41. The Morgan fingerprint density at radius 2 is 1.67 bits per heavy atom. The van der Waals surface area contributed by atoms with Gasteiger partial charge < -0.3 is 14.8 Å². The smallest absolute Gasteiger partial charge is 0.250 e. The van der Waals surface area contributed by atoms with E-state index in [-0.39, 0.29) is 30.1 Å². The van der Waals surface area contributed by atoms with Gasteiger partial charge in [0.2, 0.25) is 15.9 Å². The molecule has 0 bridgehead atoms. The predicted molar refractivity (Wildman–Crippen MR) is 103 cm³/mol. The molecule has 2 N–H and O–H groups in total. The first-order valence-corrected chi connectivity index (χ1v) is 10.0. The summed E-state index contributed by atoms with van der Waals surface area (Å²) >= 11 is 0. The van der Waals surface area contributed by atoms with Crippen molar-refractivity contribution in [1.82, 2.24) is 4.72 Å². The first-order chi connectivity index (χ1) is 12.9. The molecule has 0 saturated heterocycles. The van der Waals surface area contributed by atoms with Gasteiger partial charge in [-0.3, -0.25) is 4.79 Å². The molecule has 0 unspecified atom stereocenters. The fourth-order valence-corrected chi connectivity index (χ4v) is 3.44. The molecule has 1 amide bonds. The van der Waals surface area contributed by atoms with Gasteiger partial charge in [-0.1, -0.05) is 18.2 Å². The minimum Gasteiger partial charge on any atom is -0.491 e. The zero-order valence-electron chi connectivity index (χ0n) is 15.3. The summed E-state index contributed by atoms with van der Waals surface area (Å²) in [5.41, 5.74) is 0.493. The third kappa shape index (κ3) is 7.38. The van der Waals surface area contributed by atoms with Crippen LogP contribution in [-0.2, 0) is 19.6 Å². The van der Waals surface area contributed by atoms with Crippen LogP contribution in [0.5, 0.6) is 5.75 Å². The van der Waals surface area contributed by atoms with E-state index in [0.29, 0.717) is 12.3 Å². The molecule has 0 radical (unpaired) electrons. The fourth-order valence-electron chi connectivity index (χ4n) is 2.19. The molecule has 2 rings (SSSR count). The second-order valence-electron chi connectivity index (χ2n) is 6.06. The molecule has 0 aromatic heterocycles. The lowest BCUT2D eigenvalue weighted by atomic mass is 10.3. The maximum atomic E-state index is 12.1. The molecule has 7 nitrogen and oxygen atoms in total. The van der Waals surface area contributed by atoms with Gasteiger partial charge in [-0.05, 0) is 50.2 Å². The monoisotopic (exact) mass is 392 g/mol. The Morgan fingerprint density at radius 1 is 1.00 bits per heavy atom. The van der Waals surface area contributed by atoms with Crippen LogP contribution in [-0.4, -0.2) is 40.2 Å². The number of carbonyl (C=O) groups is 1. The van der Waals surface area contributed by atoms with Crippen molar-refractivity contribution in [2.45, 2.75) is 24.8 Å². The van der Waals surface area contributed by atoms with Crippen molar-refractivity contribution in [3.63, 3.8) is 0 Å². The van der Waals surface area contributed by atoms with Crippen molar-refractivity contribution in [1.29, 1.82) is 0 Å². The quantitative estimate of drug-likeness (QED) is 0.606. The molecule has 0 saturated carbocycles. The number of nitrogens with one attached hydrogen (secondary N) is 2. The molecular formula is C19H24N2O5S. The van der Waals surface area contributed by atoms with E-state index in [4.69, 9.17) is 9.47 Å². The Labute approximate surface area is 159 Å². The molecular weight excluding hydrogens is 368 g/mol. The van der Waals surface area contributed by atoms with E-state index in [0.717, 1.165) is 5.75 Å². The highest BCUT2D eigenvalue weighted by atomic mass is 32.2. The first kappa shape index (κ1) is 20.9. The van der Waals surface area contributed by atoms with Crippen LogP contribution < -0.4 is 14.8 Å². The third-order valence-corrected chi connectivity index (χ3v) is 4.99. The van der Waals surface area contributed by atoms with E-state index in [1.54, 1.807) is 13.8 Å². The van der Waals surface area contributed by atoms with E-state index in [1.165, 1.54) is 24.3 Å². The van der Waals surface area contributed by atoms with Gasteiger partial charge in [-0.25, -0.2) is 13.1 Å². The molecule has 146 valence electrons. The molecule has 8 heteroatoms. The average Bonchev–Trinajstić information content (AvgIpc) is 2.62. The van der Waals surface area contributed by atoms with Crippen LogP contribution in [0.4, 0.5) is 5.69 Å². The summed E-state index contributed by atoms with van der Waals surface area (Å²) in [7, 11) is -3.55. The lowest BCUT2D eigenvalue weighted by Gasteiger charge is -2.11. The maximum absolute atomic E-state index is 12.1. The molecule has 0 fully saturated rings. The highest BCUT2D eigenvalue weighted by Crippen LogP contribution is 2.14. The van der Waals surface area contributed by atoms with E-state index in [9.17, 15) is 13.2 Å². The number of hydrogen-bond donors (Lipinski definition) is 2. The molecule has 2 aromatic rings. The van der Waals surface area contributed by atoms with E-state index in [2.05, 4.69) is 10.0 Å². The number of carbonyl (C=O) groups excluding carboxylic acids is 1. The molecule has 0 heterocycles. The van der Waals surface area contributed by atoms with Crippen LogP contribution in [0.15, 0.2) is 59.5 Å². The van der Waals surface area contributed by atoms with Gasteiger partial charge in [0.15, 0.2) is 0 Å². The molecule has 27 heavy (non-hydrogen) atoms. The number of ether oxygens (including phenoxy) is 2. The largest absolute Gasteiger partial charge is 0.491 e. The zero-order chi connectivity index (χ0) is 19.7. The number of anilines is 1. The van der Waals surface area contributed by atoms with E-state index >= 15 is 0 Å². The number of sulfonamides is 1. The summed E-state index contributed by atoms with van der Waals surface area (Å²) in [6.45, 7) is 3.99. The van der Waals surface area contributed by atoms with Crippen molar-refractivity contribution in [2.24, 2.45) is 0 Å². The zero-order valence-corrected chi connectivity index (χ0v) is 16.2. The first-order valence-electron chi connectivity index (χ1n) is 8.54. The lowest BCUT2D eigenvalue weighted by molar-refractivity contribution is -0.120. The third-order valence-electron chi connectivity index (χ3n) is 3.31. The van der Waals surface area contributed by atoms with Crippen molar-refractivity contribution in [3.8, 4) is 5.75 Å². The lowest BCUT2D eigenvalue weighted by Crippen LogP contribution is -2.30. The van der Waals surface area contributed by atoms with Gasteiger partial charge in [-0.15, -0.1) is 0 Å². The Kier molecular flexibility index (Phi) is 7.78. The SMILES string of the molecule is CC(C)NS(=O)(=O)c1ccc(NC(=O)COCCOc2ccccc2)cc1. The minimum absolute atomic E-state index is 0.118. The van der Waals surface area contributed by atoms with Crippen molar-refractivity contribution in [2.75, 3.05) is 25.1 Å². The van der Waals surface area contributed by atoms with Gasteiger partial charge in [0.1, 0.15) is 19.0 Å². The van der Waals surface area contributed by atoms with Crippen LogP contribution in [0, 0.1) is 0 Å². The number of benzene rings is 2. The van der Waals surface area contributed by atoms with Crippen molar-refractivity contribution in [3.05, 3.63) is 54.6 Å². The van der Waals surface area contributed by atoms with Crippen LogP contribution in [0.2, 0.25) is 0 Å². The highest BCUT2D eigenvalue weighted by Gasteiger charge is 2.15. The normalized spacial score (nSPS) is 11.4. The van der Waals surface area contributed by atoms with Gasteiger partial charge in [0.25, 0.3) is 0 Å². The Morgan fingerprint density at radius 3 is 2.30 bits per heavy atom. The van der Waals surface area contributed by atoms with Crippen molar-refractivity contribution < 1.29 is 22.7 Å². The van der Waals surface area contributed by atoms with Crippen LogP contribution in [0.25, 0.3) is 0 Å². The summed E-state index contributed by atoms with van der Waals surface area (Å²) in [6, 6.07) is 15.1. The summed E-state index contributed by atoms with van der Waals surface area (Å²) < 4.78 is 37.3. The maximum Gasteiger partial charge on any atom is 0.250 e. The standard InChI is InChI=1S/C19H24N2O5S/c1-15(2)21-27(23,24)18-10-8-16(9-11-18)20-19(22)14-25-12-13-26-17-6-4-3-5-7-17/h3-11,15,21H,12-14H2,1-2H3,(H,20,22). The van der Waals surface area contributed by atoms with E-state index in [1.807, 2.05) is 30.3 Å². The second kappa shape index (κ2) is 10.1. The second-order valence-corrected chi connectivity index (χ2v) is 7.78. The van der Waals surface area contributed by atoms with Crippen LogP contribution in [0.3, 0.4) is 0 Å². The topological polar surface area (TPSA) is 93.7 Å². The van der Waals surface area contributed by atoms with E-state index < -0.39 is 10.0 Å². The van der Waals surface area contributed by atoms with Gasteiger partial charge in [-0.2, -0.15) is 0 Å². The van der Waals surface area contributed by atoms with Gasteiger partial charge in [0.05, 0.1) is 11.5 Å². The summed E-state index contributed by atoms with van der Waals surface area (Å²) in [6.07, 6.45) is 0. The Balaban J connectivity index is 1.72. The average molecular weight is 392 g/mol. The Bertz CT molecular complexity index is 821. The van der Waals surface area contributed by atoms with Crippen LogP contribution >= 0.6 is 0 Å². The highest BCUT2D eigenvalue weighted by molar-refractivity contribution is 7.89. The molecule has 0 aliphatic carbocycles. The summed E-state index contributed by atoms with van der Waals surface area (Å²) in [5, 5.41) is 2.65. The summed E-state index contributed by atoms with van der Waals surface area (Å²) in [4.78, 5) is 12.0. The van der Waals surface area contributed by atoms with Gasteiger partial charge in [0, 0.05) is 11.7 Å². The fraction of sp³-hybridized carbons (Fsp3) is 0.316. The van der Waals surface area contributed by atoms with Gasteiger partial charge >= 0.3 is 0 Å². The molecule has 2 aromatic carbocycles. The van der Waals surface area contributed by atoms with Crippen LogP contribution in [0.1, 0.15) is 13.8 Å². The number of amides is 1.